The van der Waals surface area contributed by atoms with Crippen LogP contribution >= 0.6 is 0 Å². The van der Waals surface area contributed by atoms with Gasteiger partial charge in [0.05, 0.1) is 0 Å². The summed E-state index contributed by atoms with van der Waals surface area (Å²) in [6, 6.07) is 0. The van der Waals surface area contributed by atoms with Gasteiger partial charge in [-0.05, 0) is 112 Å². The summed E-state index contributed by atoms with van der Waals surface area (Å²) in [5.74, 6) is 8.82. The molecule has 0 aliphatic heterocycles. The Balaban J connectivity index is 1.45. The molecular formula is C20H28. The first-order valence-corrected chi connectivity index (χ1v) is 9.57. The van der Waals surface area contributed by atoms with Gasteiger partial charge in [0.2, 0.25) is 0 Å². The summed E-state index contributed by atoms with van der Waals surface area (Å²) < 4.78 is 0. The molecule has 0 unspecified atom stereocenters. The molecule has 8 saturated carbocycles. The molecule has 0 radical (unpaired) electrons. The molecule has 8 aliphatic rings. The summed E-state index contributed by atoms with van der Waals surface area (Å²) in [6.07, 6.45) is 16.0. The highest BCUT2D eigenvalue weighted by Crippen LogP contribution is 2.63. The van der Waals surface area contributed by atoms with Gasteiger partial charge in [-0.25, -0.2) is 0 Å². The van der Waals surface area contributed by atoms with Crippen molar-refractivity contribution in [2.75, 3.05) is 0 Å². The molecule has 8 bridgehead atoms. The van der Waals surface area contributed by atoms with Gasteiger partial charge in [0, 0.05) is 0 Å². The SMILES string of the molecule is C1C2CC3CC1CC(C2)C3=C1C2CC3CC(C2)CC1C3. The van der Waals surface area contributed by atoms with E-state index in [0.717, 1.165) is 47.3 Å². The summed E-state index contributed by atoms with van der Waals surface area (Å²) >= 11 is 0. The van der Waals surface area contributed by atoms with Crippen LogP contribution in [-0.4, -0.2) is 0 Å². The van der Waals surface area contributed by atoms with Crippen LogP contribution in [0, 0.1) is 47.3 Å². The molecule has 0 N–H and O–H groups in total. The highest BCUT2D eigenvalue weighted by Gasteiger charge is 2.51. The Hall–Kier alpha value is -0.260. The van der Waals surface area contributed by atoms with Gasteiger partial charge >= 0.3 is 0 Å². The van der Waals surface area contributed by atoms with Gasteiger partial charge < -0.3 is 0 Å². The van der Waals surface area contributed by atoms with Gasteiger partial charge in [-0.1, -0.05) is 11.1 Å². The van der Waals surface area contributed by atoms with Crippen LogP contribution in [0.4, 0.5) is 0 Å². The zero-order valence-corrected chi connectivity index (χ0v) is 12.7. The maximum atomic E-state index is 2.10. The van der Waals surface area contributed by atoms with Gasteiger partial charge in [0.1, 0.15) is 0 Å². The highest BCUT2D eigenvalue weighted by atomic mass is 14.6. The van der Waals surface area contributed by atoms with E-state index in [9.17, 15) is 0 Å². The largest absolute Gasteiger partial charge is 0.0642 e. The van der Waals surface area contributed by atoms with E-state index in [1.54, 1.807) is 64.2 Å². The van der Waals surface area contributed by atoms with Crippen molar-refractivity contribution >= 4 is 0 Å². The summed E-state index contributed by atoms with van der Waals surface area (Å²) in [5.41, 5.74) is 4.21. The zero-order valence-electron chi connectivity index (χ0n) is 12.7. The molecule has 0 amide bonds. The van der Waals surface area contributed by atoms with E-state index in [2.05, 4.69) is 11.1 Å². The molecule has 0 nitrogen and oxygen atoms in total. The van der Waals surface area contributed by atoms with Gasteiger partial charge in [-0.15, -0.1) is 0 Å². The van der Waals surface area contributed by atoms with Crippen molar-refractivity contribution in [2.24, 2.45) is 47.3 Å². The molecule has 0 aromatic heterocycles. The first-order valence-electron chi connectivity index (χ1n) is 9.57. The van der Waals surface area contributed by atoms with Crippen LogP contribution in [0.25, 0.3) is 0 Å². The number of rotatable bonds is 0. The lowest BCUT2D eigenvalue weighted by atomic mass is 9.48. The normalized spacial score (nSPS) is 58.8. The van der Waals surface area contributed by atoms with E-state index in [1.807, 2.05) is 0 Å². The van der Waals surface area contributed by atoms with Crippen molar-refractivity contribution in [3.8, 4) is 0 Å². The van der Waals surface area contributed by atoms with Crippen molar-refractivity contribution in [3.05, 3.63) is 11.1 Å². The van der Waals surface area contributed by atoms with Crippen molar-refractivity contribution in [2.45, 2.75) is 64.2 Å². The van der Waals surface area contributed by atoms with Crippen molar-refractivity contribution in [1.82, 2.24) is 0 Å². The Morgan fingerprint density at radius 2 is 0.600 bits per heavy atom. The van der Waals surface area contributed by atoms with Crippen molar-refractivity contribution in [1.29, 1.82) is 0 Å². The third-order valence-electron chi connectivity index (χ3n) is 8.37. The van der Waals surface area contributed by atoms with Crippen molar-refractivity contribution < 1.29 is 0 Å². The van der Waals surface area contributed by atoms with Gasteiger partial charge in [0.15, 0.2) is 0 Å². The van der Waals surface area contributed by atoms with Crippen LogP contribution in [0.3, 0.4) is 0 Å². The standard InChI is InChI=1S/C20H28/c1-11-3-15-5-12(1)6-16(4-11)19(15)20-17-7-13-2-14(9-17)10-18(20)8-13/h11-18H,1-10H2. The molecule has 0 heterocycles. The number of allylic oxidation sites excluding steroid dienone is 2. The Morgan fingerprint density at radius 1 is 0.350 bits per heavy atom. The maximum Gasteiger partial charge on any atom is -0.0192 e. The van der Waals surface area contributed by atoms with Crippen LogP contribution in [0.15, 0.2) is 11.1 Å². The molecule has 8 aliphatic carbocycles. The summed E-state index contributed by atoms with van der Waals surface area (Å²) in [5, 5.41) is 0. The van der Waals surface area contributed by atoms with Gasteiger partial charge in [-0.2, -0.15) is 0 Å². The Bertz CT molecular complexity index is 378. The molecule has 0 spiro atoms. The average molecular weight is 268 g/mol. The summed E-state index contributed by atoms with van der Waals surface area (Å²) in [4.78, 5) is 0. The van der Waals surface area contributed by atoms with Crippen LogP contribution in [0.2, 0.25) is 0 Å². The quantitative estimate of drug-likeness (QED) is 0.530. The molecule has 108 valence electrons. The summed E-state index contributed by atoms with van der Waals surface area (Å²) in [6.45, 7) is 0. The molecule has 20 heavy (non-hydrogen) atoms. The lowest BCUT2D eigenvalue weighted by molar-refractivity contribution is 0.0416. The average Bonchev–Trinajstić information content (AvgIpc) is 2.39. The fourth-order valence-corrected chi connectivity index (χ4v) is 8.33. The Morgan fingerprint density at radius 3 is 0.850 bits per heavy atom. The fourth-order valence-electron chi connectivity index (χ4n) is 8.33. The molecule has 0 aromatic carbocycles. The van der Waals surface area contributed by atoms with Crippen LogP contribution in [-0.2, 0) is 0 Å². The van der Waals surface area contributed by atoms with Crippen LogP contribution < -0.4 is 0 Å². The first kappa shape index (κ1) is 11.3. The smallest absolute Gasteiger partial charge is 0.0192 e. The minimum Gasteiger partial charge on any atom is -0.0642 e. The zero-order chi connectivity index (χ0) is 12.8. The third-order valence-corrected chi connectivity index (χ3v) is 8.37. The van der Waals surface area contributed by atoms with Crippen LogP contribution in [0.5, 0.6) is 0 Å². The van der Waals surface area contributed by atoms with E-state index in [4.69, 9.17) is 0 Å². The van der Waals surface area contributed by atoms with E-state index in [1.165, 1.54) is 0 Å². The van der Waals surface area contributed by atoms with Gasteiger partial charge in [-0.3, -0.25) is 0 Å². The predicted molar refractivity (Wildman–Crippen MR) is 81.1 cm³/mol. The highest BCUT2D eigenvalue weighted by molar-refractivity contribution is 5.33. The molecule has 0 heteroatoms. The van der Waals surface area contributed by atoms with E-state index in [0.29, 0.717) is 0 Å². The third kappa shape index (κ3) is 1.39. The lowest BCUT2D eigenvalue weighted by Gasteiger charge is -2.57. The van der Waals surface area contributed by atoms with E-state index < -0.39 is 0 Å². The van der Waals surface area contributed by atoms with E-state index in [-0.39, 0.29) is 0 Å². The summed E-state index contributed by atoms with van der Waals surface area (Å²) in [7, 11) is 0. The maximum absolute atomic E-state index is 2.10. The minimum atomic E-state index is 1.07. The van der Waals surface area contributed by atoms with Gasteiger partial charge in [0.25, 0.3) is 0 Å². The second-order valence-corrected chi connectivity index (χ2v) is 9.52. The van der Waals surface area contributed by atoms with Crippen molar-refractivity contribution in [3.63, 3.8) is 0 Å². The topological polar surface area (TPSA) is 0 Å². The monoisotopic (exact) mass is 268 g/mol. The fraction of sp³-hybridized carbons (Fsp3) is 0.900. The molecule has 0 atom stereocenters. The van der Waals surface area contributed by atoms with Crippen LogP contribution in [0.1, 0.15) is 64.2 Å². The molecule has 0 saturated heterocycles. The number of hydrogen-bond donors (Lipinski definition) is 0. The molecule has 8 fully saturated rings. The second kappa shape index (κ2) is 3.73. The predicted octanol–water partition coefficient (Wildman–Crippen LogP) is 5.20. The lowest BCUT2D eigenvalue weighted by Crippen LogP contribution is -2.46. The number of hydrogen-bond acceptors (Lipinski definition) is 0. The Labute approximate surface area is 123 Å². The molecule has 8 rings (SSSR count). The second-order valence-electron chi connectivity index (χ2n) is 9.52. The van der Waals surface area contributed by atoms with E-state index >= 15 is 0 Å². The minimum absolute atomic E-state index is 1.07. The molecule has 0 aromatic rings. The molecular weight excluding hydrogens is 240 g/mol. The first-order chi connectivity index (χ1) is 9.83. The Kier molecular flexibility index (Phi) is 2.11.